The molecule has 2 nitrogen and oxygen atoms in total. The predicted octanol–water partition coefficient (Wildman–Crippen LogP) is 3.31. The molecule has 0 saturated heterocycles. The molecule has 1 aromatic carbocycles. The predicted molar refractivity (Wildman–Crippen MR) is 65.4 cm³/mol. The van der Waals surface area contributed by atoms with Gasteiger partial charge < -0.3 is 0 Å². The molecule has 0 fully saturated rings. The van der Waals surface area contributed by atoms with Crippen molar-refractivity contribution in [1.82, 2.24) is 9.61 Å². The number of nitrogens with zero attached hydrogens (tertiary/aromatic N) is 2. The first kappa shape index (κ1) is 9.16. The van der Waals surface area contributed by atoms with E-state index >= 15 is 0 Å². The highest BCUT2D eigenvalue weighted by atomic mass is 15.2. The maximum Gasteiger partial charge on any atom is 0.0725 e. The van der Waals surface area contributed by atoms with Crippen molar-refractivity contribution in [1.29, 1.82) is 0 Å². The van der Waals surface area contributed by atoms with Gasteiger partial charge in [-0.3, -0.25) is 0 Å². The molecule has 78 valence electrons. The van der Waals surface area contributed by atoms with Crippen LogP contribution in [0, 0.1) is 6.92 Å². The molecule has 0 aliphatic carbocycles. The zero-order valence-corrected chi connectivity index (χ0v) is 9.09. The molecule has 2 heteroatoms. The Labute approximate surface area is 94.2 Å². The van der Waals surface area contributed by atoms with Crippen molar-refractivity contribution in [2.24, 2.45) is 0 Å². The highest BCUT2D eigenvalue weighted by molar-refractivity contribution is 5.66. The Hall–Kier alpha value is -2.09. The minimum absolute atomic E-state index is 1.12. The Morgan fingerprint density at radius 2 is 1.75 bits per heavy atom. The molecule has 16 heavy (non-hydrogen) atoms. The van der Waals surface area contributed by atoms with Gasteiger partial charge in [-0.25, -0.2) is 4.52 Å². The van der Waals surface area contributed by atoms with Crippen LogP contribution in [0.25, 0.3) is 16.8 Å². The van der Waals surface area contributed by atoms with E-state index in [1.54, 1.807) is 0 Å². The van der Waals surface area contributed by atoms with Crippen LogP contribution in [0.5, 0.6) is 0 Å². The van der Waals surface area contributed by atoms with E-state index < -0.39 is 0 Å². The molecular formula is C14H12N2. The molecule has 0 aliphatic rings. The van der Waals surface area contributed by atoms with Crippen LogP contribution in [0.2, 0.25) is 0 Å². The Bertz CT molecular complexity index is 621. The average molecular weight is 208 g/mol. The Morgan fingerprint density at radius 3 is 2.56 bits per heavy atom. The van der Waals surface area contributed by atoms with E-state index in [0.29, 0.717) is 0 Å². The molecule has 0 N–H and O–H groups in total. The first-order chi connectivity index (χ1) is 7.84. The van der Waals surface area contributed by atoms with Gasteiger partial charge in [0.2, 0.25) is 0 Å². The van der Waals surface area contributed by atoms with Crippen LogP contribution in [0.15, 0.2) is 54.7 Å². The van der Waals surface area contributed by atoms with Gasteiger partial charge in [-0.05, 0) is 31.2 Å². The third-order valence-corrected chi connectivity index (χ3v) is 2.77. The van der Waals surface area contributed by atoms with Crippen LogP contribution >= 0.6 is 0 Å². The van der Waals surface area contributed by atoms with Gasteiger partial charge in [-0.2, -0.15) is 5.10 Å². The van der Waals surface area contributed by atoms with E-state index in [1.807, 2.05) is 16.8 Å². The summed E-state index contributed by atoms with van der Waals surface area (Å²) in [6.45, 7) is 2.10. The fraction of sp³-hybridized carbons (Fsp3) is 0.0714. The lowest BCUT2D eigenvalue weighted by atomic mass is 10.1. The lowest BCUT2D eigenvalue weighted by Crippen LogP contribution is -1.91. The third-order valence-electron chi connectivity index (χ3n) is 2.77. The summed E-state index contributed by atoms with van der Waals surface area (Å²) in [7, 11) is 0. The summed E-state index contributed by atoms with van der Waals surface area (Å²) in [6, 6.07) is 16.7. The summed E-state index contributed by atoms with van der Waals surface area (Å²) >= 11 is 0. The van der Waals surface area contributed by atoms with Gasteiger partial charge >= 0.3 is 0 Å². The molecule has 0 atom stereocenters. The van der Waals surface area contributed by atoms with E-state index in [1.165, 1.54) is 11.1 Å². The van der Waals surface area contributed by atoms with Gasteiger partial charge in [0, 0.05) is 11.8 Å². The summed E-state index contributed by atoms with van der Waals surface area (Å²) in [5.41, 5.74) is 4.73. The standard InChI is InChI=1S/C14H12N2/c1-11-4-6-12(7-5-11)14-9-8-13-3-2-10-15-16(13)14/h2-10H,1H3. The first-order valence-electron chi connectivity index (χ1n) is 5.34. The molecule has 0 unspecified atom stereocenters. The van der Waals surface area contributed by atoms with Gasteiger partial charge in [0.25, 0.3) is 0 Å². The normalized spacial score (nSPS) is 10.8. The molecule has 0 amide bonds. The van der Waals surface area contributed by atoms with Crippen LogP contribution in [0.1, 0.15) is 5.56 Å². The Balaban J connectivity index is 2.22. The molecule has 0 spiro atoms. The molecule has 3 aromatic rings. The highest BCUT2D eigenvalue weighted by Crippen LogP contribution is 2.21. The quantitative estimate of drug-likeness (QED) is 0.599. The number of aromatic nitrogens is 2. The molecule has 2 aromatic heterocycles. The fourth-order valence-electron chi connectivity index (χ4n) is 1.89. The lowest BCUT2D eigenvalue weighted by molar-refractivity contribution is 0.948. The van der Waals surface area contributed by atoms with Crippen LogP contribution in [0.3, 0.4) is 0 Å². The van der Waals surface area contributed by atoms with Crippen LogP contribution in [-0.2, 0) is 0 Å². The van der Waals surface area contributed by atoms with Crippen molar-refractivity contribution in [3.8, 4) is 11.3 Å². The molecular weight excluding hydrogens is 196 g/mol. The summed E-state index contributed by atoms with van der Waals surface area (Å²) in [5, 5.41) is 4.36. The van der Waals surface area contributed by atoms with Gasteiger partial charge in [0.05, 0.1) is 11.2 Å². The second-order valence-electron chi connectivity index (χ2n) is 3.94. The molecule has 0 bridgehead atoms. The zero-order valence-electron chi connectivity index (χ0n) is 9.09. The summed E-state index contributed by atoms with van der Waals surface area (Å²) in [5.74, 6) is 0. The van der Waals surface area contributed by atoms with Crippen LogP contribution in [-0.4, -0.2) is 9.61 Å². The topological polar surface area (TPSA) is 17.3 Å². The fourth-order valence-corrected chi connectivity index (χ4v) is 1.89. The number of rotatable bonds is 1. The SMILES string of the molecule is Cc1ccc(-c2ccc3cccnn23)cc1. The van der Waals surface area contributed by atoms with E-state index in [-0.39, 0.29) is 0 Å². The van der Waals surface area contributed by atoms with Gasteiger partial charge in [-0.15, -0.1) is 0 Å². The molecule has 0 radical (unpaired) electrons. The molecule has 2 heterocycles. The van der Waals surface area contributed by atoms with E-state index in [4.69, 9.17) is 0 Å². The minimum atomic E-state index is 1.12. The smallest absolute Gasteiger partial charge is 0.0725 e. The Morgan fingerprint density at radius 1 is 0.938 bits per heavy atom. The van der Waals surface area contributed by atoms with Gasteiger partial charge in [0.1, 0.15) is 0 Å². The number of fused-ring (bicyclic) bond motifs is 1. The molecule has 0 aliphatic heterocycles. The van der Waals surface area contributed by atoms with Crippen molar-refractivity contribution in [2.45, 2.75) is 6.92 Å². The maximum atomic E-state index is 4.36. The number of hydrogen-bond acceptors (Lipinski definition) is 1. The zero-order chi connectivity index (χ0) is 11.0. The minimum Gasteiger partial charge on any atom is -0.233 e. The van der Waals surface area contributed by atoms with Crippen molar-refractivity contribution in [3.63, 3.8) is 0 Å². The highest BCUT2D eigenvalue weighted by Gasteiger charge is 2.03. The monoisotopic (exact) mass is 208 g/mol. The molecule has 3 rings (SSSR count). The van der Waals surface area contributed by atoms with E-state index in [2.05, 4.69) is 54.5 Å². The lowest BCUT2D eigenvalue weighted by Gasteiger charge is -2.02. The van der Waals surface area contributed by atoms with Crippen LogP contribution in [0.4, 0.5) is 0 Å². The summed E-state index contributed by atoms with van der Waals surface area (Å²) in [4.78, 5) is 0. The second kappa shape index (κ2) is 3.49. The summed E-state index contributed by atoms with van der Waals surface area (Å²) in [6.07, 6.45) is 1.81. The Kier molecular flexibility index (Phi) is 2.00. The summed E-state index contributed by atoms with van der Waals surface area (Å²) < 4.78 is 1.96. The van der Waals surface area contributed by atoms with Crippen molar-refractivity contribution in [3.05, 3.63) is 60.3 Å². The number of hydrogen-bond donors (Lipinski definition) is 0. The third kappa shape index (κ3) is 1.39. The van der Waals surface area contributed by atoms with Crippen LogP contribution < -0.4 is 0 Å². The van der Waals surface area contributed by atoms with Crippen molar-refractivity contribution >= 4 is 5.52 Å². The van der Waals surface area contributed by atoms with Gasteiger partial charge in [0.15, 0.2) is 0 Å². The number of benzene rings is 1. The maximum absolute atomic E-state index is 4.36. The van der Waals surface area contributed by atoms with E-state index in [0.717, 1.165) is 11.2 Å². The second-order valence-corrected chi connectivity index (χ2v) is 3.94. The average Bonchev–Trinajstić information content (AvgIpc) is 2.74. The van der Waals surface area contributed by atoms with Crippen molar-refractivity contribution in [2.75, 3.05) is 0 Å². The molecule has 0 saturated carbocycles. The largest absolute Gasteiger partial charge is 0.233 e. The number of aryl methyl sites for hydroxylation is 1. The van der Waals surface area contributed by atoms with E-state index in [9.17, 15) is 0 Å². The van der Waals surface area contributed by atoms with Gasteiger partial charge in [-0.1, -0.05) is 29.8 Å². The first-order valence-corrected chi connectivity index (χ1v) is 5.34. The van der Waals surface area contributed by atoms with Crippen molar-refractivity contribution < 1.29 is 0 Å².